The van der Waals surface area contributed by atoms with Crippen LogP contribution >= 0.6 is 15.9 Å². The van der Waals surface area contributed by atoms with Gasteiger partial charge in [0.15, 0.2) is 5.78 Å². The van der Waals surface area contributed by atoms with E-state index >= 15 is 0 Å². The predicted molar refractivity (Wildman–Crippen MR) is 87.8 cm³/mol. The zero-order valence-electron chi connectivity index (χ0n) is 12.2. The summed E-state index contributed by atoms with van der Waals surface area (Å²) in [4.78, 5) is 14.2. The van der Waals surface area contributed by atoms with Gasteiger partial charge < -0.3 is 4.74 Å². The number of hydrogen-bond acceptors (Lipinski definition) is 3. The van der Waals surface area contributed by atoms with Gasteiger partial charge in [-0.1, -0.05) is 46.3 Å². The first-order valence-corrected chi connectivity index (χ1v) is 7.48. The standard InChI is InChI=1S/C17H18BrNO2/c1-19(11-14-5-3-4-6-17(14)21-2)12-16(20)13-7-9-15(18)10-8-13/h3-10H,11-12H2,1-2H3. The van der Waals surface area contributed by atoms with Crippen LogP contribution in [0.3, 0.4) is 0 Å². The van der Waals surface area contributed by atoms with E-state index in [0.29, 0.717) is 13.1 Å². The van der Waals surface area contributed by atoms with E-state index in [1.165, 1.54) is 0 Å². The third-order valence-corrected chi connectivity index (χ3v) is 3.74. The van der Waals surface area contributed by atoms with Gasteiger partial charge in [-0.3, -0.25) is 9.69 Å². The summed E-state index contributed by atoms with van der Waals surface area (Å²) >= 11 is 3.37. The molecule has 3 nitrogen and oxygen atoms in total. The van der Waals surface area contributed by atoms with Crippen molar-refractivity contribution in [2.75, 3.05) is 20.7 Å². The topological polar surface area (TPSA) is 29.5 Å². The van der Waals surface area contributed by atoms with Gasteiger partial charge in [-0.05, 0) is 25.2 Å². The average molecular weight is 348 g/mol. The van der Waals surface area contributed by atoms with Crippen molar-refractivity contribution in [2.45, 2.75) is 6.54 Å². The van der Waals surface area contributed by atoms with Crippen molar-refractivity contribution in [1.82, 2.24) is 4.90 Å². The lowest BCUT2D eigenvalue weighted by Crippen LogP contribution is -2.25. The molecule has 0 unspecified atom stereocenters. The highest BCUT2D eigenvalue weighted by atomic mass is 79.9. The number of Topliss-reactive ketones (excluding diaryl/α,β-unsaturated/α-hetero) is 1. The van der Waals surface area contributed by atoms with Crippen molar-refractivity contribution in [3.8, 4) is 5.75 Å². The van der Waals surface area contributed by atoms with Crippen LogP contribution in [0.4, 0.5) is 0 Å². The molecule has 0 aromatic heterocycles. The fourth-order valence-corrected chi connectivity index (χ4v) is 2.42. The van der Waals surface area contributed by atoms with Crippen LogP contribution in [-0.2, 0) is 6.54 Å². The van der Waals surface area contributed by atoms with E-state index in [2.05, 4.69) is 15.9 Å². The van der Waals surface area contributed by atoms with E-state index in [0.717, 1.165) is 21.3 Å². The summed E-state index contributed by atoms with van der Waals surface area (Å²) in [5.41, 5.74) is 1.80. The zero-order chi connectivity index (χ0) is 15.2. The molecular weight excluding hydrogens is 330 g/mol. The molecule has 0 saturated heterocycles. The summed E-state index contributed by atoms with van der Waals surface area (Å²) in [7, 11) is 3.59. The molecule has 0 radical (unpaired) electrons. The maximum absolute atomic E-state index is 12.2. The number of carbonyl (C=O) groups excluding carboxylic acids is 1. The molecule has 0 heterocycles. The van der Waals surface area contributed by atoms with Crippen LogP contribution in [0.5, 0.6) is 5.75 Å². The van der Waals surface area contributed by atoms with Gasteiger partial charge in [0.1, 0.15) is 5.75 Å². The highest BCUT2D eigenvalue weighted by molar-refractivity contribution is 9.10. The lowest BCUT2D eigenvalue weighted by atomic mass is 10.1. The van der Waals surface area contributed by atoms with Crippen molar-refractivity contribution in [3.63, 3.8) is 0 Å². The first kappa shape index (κ1) is 15.7. The first-order valence-electron chi connectivity index (χ1n) is 6.69. The maximum atomic E-state index is 12.2. The second-order valence-corrected chi connectivity index (χ2v) is 5.83. The van der Waals surface area contributed by atoms with Gasteiger partial charge in [0.05, 0.1) is 13.7 Å². The minimum absolute atomic E-state index is 0.111. The van der Waals surface area contributed by atoms with Crippen LogP contribution in [-0.4, -0.2) is 31.4 Å². The summed E-state index contributed by atoms with van der Waals surface area (Å²) < 4.78 is 6.31. The third-order valence-electron chi connectivity index (χ3n) is 3.21. The molecule has 0 aliphatic heterocycles. The summed E-state index contributed by atoms with van der Waals surface area (Å²) in [6, 6.07) is 15.3. The number of rotatable bonds is 6. The van der Waals surface area contributed by atoms with E-state index in [1.54, 1.807) is 7.11 Å². The second kappa shape index (κ2) is 7.38. The van der Waals surface area contributed by atoms with Gasteiger partial charge in [-0.25, -0.2) is 0 Å². The first-order chi connectivity index (χ1) is 10.1. The lowest BCUT2D eigenvalue weighted by molar-refractivity contribution is 0.0942. The SMILES string of the molecule is COc1ccccc1CN(C)CC(=O)c1ccc(Br)cc1. The monoisotopic (exact) mass is 347 g/mol. The van der Waals surface area contributed by atoms with E-state index in [9.17, 15) is 4.79 Å². The average Bonchev–Trinajstić information content (AvgIpc) is 2.48. The highest BCUT2D eigenvalue weighted by Crippen LogP contribution is 2.19. The molecule has 0 aliphatic carbocycles. The molecule has 0 bridgehead atoms. The Hall–Kier alpha value is -1.65. The van der Waals surface area contributed by atoms with Gasteiger partial charge in [-0.15, -0.1) is 0 Å². The van der Waals surface area contributed by atoms with Crippen molar-refractivity contribution in [1.29, 1.82) is 0 Å². The number of hydrogen-bond donors (Lipinski definition) is 0. The van der Waals surface area contributed by atoms with Crippen LogP contribution < -0.4 is 4.74 Å². The Labute approximate surface area is 133 Å². The Bertz CT molecular complexity index is 610. The van der Waals surface area contributed by atoms with Crippen LogP contribution in [0, 0.1) is 0 Å². The van der Waals surface area contributed by atoms with Crippen molar-refractivity contribution < 1.29 is 9.53 Å². The van der Waals surface area contributed by atoms with Crippen molar-refractivity contribution in [3.05, 3.63) is 64.1 Å². The molecule has 0 amide bonds. The molecule has 2 aromatic carbocycles. The number of methoxy groups -OCH3 is 1. The molecular formula is C17H18BrNO2. The van der Waals surface area contributed by atoms with E-state index in [1.807, 2.05) is 60.5 Å². The van der Waals surface area contributed by atoms with E-state index in [4.69, 9.17) is 4.74 Å². The minimum atomic E-state index is 0.111. The third kappa shape index (κ3) is 4.41. The second-order valence-electron chi connectivity index (χ2n) is 4.91. The van der Waals surface area contributed by atoms with Crippen molar-refractivity contribution >= 4 is 21.7 Å². The fourth-order valence-electron chi connectivity index (χ4n) is 2.15. The van der Waals surface area contributed by atoms with E-state index < -0.39 is 0 Å². The molecule has 0 atom stereocenters. The number of benzene rings is 2. The molecule has 2 aromatic rings. The highest BCUT2D eigenvalue weighted by Gasteiger charge is 2.11. The molecule has 4 heteroatoms. The summed E-state index contributed by atoms with van der Waals surface area (Å²) in [6.07, 6.45) is 0. The number of ether oxygens (including phenoxy) is 1. The fraction of sp³-hybridized carbons (Fsp3) is 0.235. The number of para-hydroxylation sites is 1. The Kier molecular flexibility index (Phi) is 5.53. The minimum Gasteiger partial charge on any atom is -0.496 e. The molecule has 110 valence electrons. The quantitative estimate of drug-likeness (QED) is 0.745. The normalized spacial score (nSPS) is 10.7. The summed E-state index contributed by atoms with van der Waals surface area (Å²) in [5, 5.41) is 0. The van der Waals surface area contributed by atoms with Gasteiger partial charge >= 0.3 is 0 Å². The van der Waals surface area contributed by atoms with Gasteiger partial charge in [0, 0.05) is 22.1 Å². The molecule has 0 N–H and O–H groups in total. The number of likely N-dealkylation sites (N-methyl/N-ethyl adjacent to an activating group) is 1. The summed E-state index contributed by atoms with van der Waals surface area (Å²) in [5.74, 6) is 0.959. The maximum Gasteiger partial charge on any atom is 0.176 e. The predicted octanol–water partition coefficient (Wildman–Crippen LogP) is 3.77. The molecule has 0 saturated carbocycles. The molecule has 0 spiro atoms. The Morgan fingerprint density at radius 3 is 2.48 bits per heavy atom. The van der Waals surface area contributed by atoms with Crippen LogP contribution in [0.2, 0.25) is 0 Å². The molecule has 0 fully saturated rings. The number of halogens is 1. The van der Waals surface area contributed by atoms with E-state index in [-0.39, 0.29) is 5.78 Å². The van der Waals surface area contributed by atoms with Crippen LogP contribution in [0.15, 0.2) is 53.0 Å². The smallest absolute Gasteiger partial charge is 0.176 e. The van der Waals surface area contributed by atoms with Gasteiger partial charge in [0.2, 0.25) is 0 Å². The number of carbonyl (C=O) groups is 1. The Balaban J connectivity index is 1.99. The largest absolute Gasteiger partial charge is 0.496 e. The van der Waals surface area contributed by atoms with Crippen LogP contribution in [0.1, 0.15) is 15.9 Å². The molecule has 0 aliphatic rings. The van der Waals surface area contributed by atoms with Gasteiger partial charge in [-0.2, -0.15) is 0 Å². The zero-order valence-corrected chi connectivity index (χ0v) is 13.8. The summed E-state index contributed by atoms with van der Waals surface area (Å²) in [6.45, 7) is 1.05. The Morgan fingerprint density at radius 2 is 1.81 bits per heavy atom. The Morgan fingerprint density at radius 1 is 1.14 bits per heavy atom. The number of nitrogens with zero attached hydrogens (tertiary/aromatic N) is 1. The van der Waals surface area contributed by atoms with Gasteiger partial charge in [0.25, 0.3) is 0 Å². The van der Waals surface area contributed by atoms with Crippen molar-refractivity contribution in [2.24, 2.45) is 0 Å². The molecule has 2 rings (SSSR count). The van der Waals surface area contributed by atoms with Crippen LogP contribution in [0.25, 0.3) is 0 Å². The lowest BCUT2D eigenvalue weighted by Gasteiger charge is -2.17. The number of ketones is 1. The molecule has 21 heavy (non-hydrogen) atoms.